The number of aromatic nitrogens is 3. The summed E-state index contributed by atoms with van der Waals surface area (Å²) in [6.45, 7) is 8.14. The van der Waals surface area contributed by atoms with Gasteiger partial charge in [-0.15, -0.1) is 0 Å². The number of carbonyl (C=O) groups is 1. The van der Waals surface area contributed by atoms with Crippen LogP contribution in [-0.4, -0.2) is 85.4 Å². The van der Waals surface area contributed by atoms with E-state index in [2.05, 4.69) is 158 Å². The van der Waals surface area contributed by atoms with Crippen LogP contribution in [0.15, 0.2) is 120 Å². The maximum absolute atomic E-state index is 13.9. The molecular formula is C51H55N7O13P3+. The molecule has 1 amide bonds. The maximum atomic E-state index is 13.9. The number of aromatic amines is 1. The number of nitrogens with zero attached hydrogens (tertiary/aromatic N) is 4. The smallest absolute Gasteiger partial charge is 0.369 e. The number of phosphoric acid groups is 3. The summed E-state index contributed by atoms with van der Waals surface area (Å²) in [6.07, 6.45) is 10.7. The number of phosphoric ester groups is 2. The Morgan fingerprint density at radius 1 is 0.919 bits per heavy atom. The van der Waals surface area contributed by atoms with Crippen molar-refractivity contribution in [1.29, 1.82) is 0 Å². The first kappa shape index (κ1) is 52.6. The van der Waals surface area contributed by atoms with Gasteiger partial charge in [-0.05, 0) is 72.0 Å². The first-order chi connectivity index (χ1) is 35.0. The van der Waals surface area contributed by atoms with E-state index in [-0.39, 0.29) is 59.8 Å². The van der Waals surface area contributed by atoms with Crippen LogP contribution >= 0.6 is 23.5 Å². The molecule has 1 saturated heterocycles. The zero-order valence-corrected chi connectivity index (χ0v) is 43.9. The number of hydrogen-bond donors (Lipinski definition) is 6. The van der Waals surface area contributed by atoms with Crippen molar-refractivity contribution in [3.63, 3.8) is 0 Å². The highest BCUT2D eigenvalue weighted by Gasteiger charge is 2.45. The van der Waals surface area contributed by atoms with Crippen molar-refractivity contribution < 1.29 is 60.2 Å². The summed E-state index contributed by atoms with van der Waals surface area (Å²) >= 11 is 0. The molecule has 3 aliphatic heterocycles. The van der Waals surface area contributed by atoms with E-state index in [1.807, 2.05) is 29.2 Å². The Bertz CT molecular complexity index is 3680. The molecule has 0 spiro atoms. The minimum Gasteiger partial charge on any atom is -0.369 e. The van der Waals surface area contributed by atoms with Crippen LogP contribution in [0.3, 0.4) is 0 Å². The number of nitrogens with one attached hydrogen (secondary N) is 2. The molecule has 5 atom stereocenters. The number of anilines is 2. The van der Waals surface area contributed by atoms with Crippen molar-refractivity contribution in [1.82, 2.24) is 19.9 Å². The molecule has 0 saturated carbocycles. The maximum Gasteiger partial charge on any atom is 0.490 e. The minimum absolute atomic E-state index is 0.00926. The number of nitrogen functional groups attached to an aromatic ring is 1. The summed E-state index contributed by atoms with van der Waals surface area (Å²) in [5.41, 5.74) is 11.6. The fraction of sp³-hybridized carbons (Fsp3) is 0.294. The van der Waals surface area contributed by atoms with Gasteiger partial charge >= 0.3 is 23.5 Å². The molecule has 23 heteroatoms. The van der Waals surface area contributed by atoms with Gasteiger partial charge < -0.3 is 39.9 Å². The summed E-state index contributed by atoms with van der Waals surface area (Å²) in [5, 5.41) is 7.66. The van der Waals surface area contributed by atoms with Crippen LogP contribution in [-0.2, 0) is 51.7 Å². The number of fused-ring (bicyclic) bond motifs is 7. The van der Waals surface area contributed by atoms with Crippen LogP contribution in [0.25, 0.3) is 32.6 Å². The van der Waals surface area contributed by atoms with Crippen LogP contribution in [0.2, 0.25) is 0 Å². The first-order valence-corrected chi connectivity index (χ1v) is 27.9. The van der Waals surface area contributed by atoms with E-state index in [1.165, 1.54) is 38.5 Å². The Hall–Kier alpha value is -6.29. The minimum atomic E-state index is -5.60. The Morgan fingerprint density at radius 3 is 2.31 bits per heavy atom. The lowest BCUT2D eigenvalue weighted by Crippen LogP contribution is -2.37. The number of ether oxygens (including phenoxy) is 1. The largest absolute Gasteiger partial charge is 0.490 e. The van der Waals surface area contributed by atoms with E-state index in [0.717, 1.165) is 27.7 Å². The van der Waals surface area contributed by atoms with Crippen molar-refractivity contribution in [2.75, 3.05) is 44.5 Å². The number of allylic oxidation sites excluding steroid dienone is 6. The monoisotopic (exact) mass is 1070 g/mol. The molecule has 7 N–H and O–H groups in total. The highest BCUT2D eigenvalue weighted by atomic mass is 31.3. The molecule has 74 heavy (non-hydrogen) atoms. The number of amides is 1. The van der Waals surface area contributed by atoms with Gasteiger partial charge in [0.2, 0.25) is 17.5 Å². The first-order valence-electron chi connectivity index (χ1n) is 23.4. The van der Waals surface area contributed by atoms with Gasteiger partial charge in [0, 0.05) is 47.8 Å². The quantitative estimate of drug-likeness (QED) is 0.0244. The molecule has 5 unspecified atom stereocenters. The Balaban J connectivity index is 0.899. The average Bonchev–Trinajstić information content (AvgIpc) is 4.06. The molecular weight excluding hydrogens is 1010 g/mol. The van der Waals surface area contributed by atoms with Gasteiger partial charge in [0.1, 0.15) is 19.8 Å². The number of benzene rings is 4. The van der Waals surface area contributed by atoms with E-state index < -0.39 is 53.4 Å². The number of carbonyl (C=O) groups excluding carboxylic acids is 1. The SMILES string of the molecule is COP(=O)(O)OP(=O)(O)OP(=O)(O)OCC1CCC(n2cc(C#CCNC(=O)CN3C(=CC=CC=CC4=[N+](C)c5ccc6ccccc6c5C4(C)C)C(C)(C)c4c3ccc3ccccc43)c3c(=O)[nH]c(N)nc32)O1. The predicted octanol–water partition coefficient (Wildman–Crippen LogP) is 8.26. The fourth-order valence-electron chi connectivity index (χ4n) is 10.2. The molecule has 6 aromatic rings. The van der Waals surface area contributed by atoms with E-state index >= 15 is 0 Å². The third kappa shape index (κ3) is 10.4. The van der Waals surface area contributed by atoms with Crippen molar-refractivity contribution in [2.24, 2.45) is 0 Å². The van der Waals surface area contributed by atoms with Gasteiger partial charge in [-0.25, -0.2) is 13.7 Å². The number of nitrogens with two attached hydrogens (primary N) is 1. The topological polar surface area (TPSA) is 270 Å². The molecule has 3 aliphatic rings. The standard InChI is InChI=1S/C51H54N7O13P3/c1-50(2)40(56(5)38-25-22-32-15-10-12-18-36(32)45(38)50)20-8-7-9-21-41-51(3,4)46-37-19-13-11-16-33(37)23-26-39(46)57(41)30-42(59)53-28-14-17-34-29-58(47-44(34)48(60)55-49(52)54-47)43-27-24-35(69-43)31-68-73(63,64)71-74(65,66)70-72(61,62)67-6/h7-13,15-16,18-23,25-26,29,35,43H,24,27-28,30-31H2,1-6H3,(H6-,52,53,54,55,59,60,61,62,63,64,65,66)/p+1. The average molecular weight is 1070 g/mol. The zero-order valence-electron chi connectivity index (χ0n) is 41.2. The summed E-state index contributed by atoms with van der Waals surface area (Å²) in [7, 11) is -13.2. The summed E-state index contributed by atoms with van der Waals surface area (Å²) < 4.78 is 62.7. The van der Waals surface area contributed by atoms with Gasteiger partial charge in [0.15, 0.2) is 11.4 Å². The van der Waals surface area contributed by atoms with E-state index in [1.54, 1.807) is 0 Å². The van der Waals surface area contributed by atoms with Gasteiger partial charge in [0.05, 0.1) is 35.6 Å². The van der Waals surface area contributed by atoms with Gasteiger partial charge in [-0.2, -0.15) is 18.2 Å². The third-order valence-electron chi connectivity index (χ3n) is 13.4. The lowest BCUT2D eigenvalue weighted by Gasteiger charge is -2.26. The fourth-order valence-corrected chi connectivity index (χ4v) is 13.5. The second-order valence-corrected chi connectivity index (χ2v) is 23.7. The third-order valence-corrected chi connectivity index (χ3v) is 17.7. The normalized spacial score (nSPS) is 21.0. The lowest BCUT2D eigenvalue weighted by atomic mass is 9.79. The molecule has 0 bridgehead atoms. The second-order valence-electron chi connectivity index (χ2n) is 19.0. The Labute approximate surface area is 425 Å². The molecule has 20 nitrogen and oxygen atoms in total. The summed E-state index contributed by atoms with van der Waals surface area (Å²) in [5.74, 6) is 5.45. The molecule has 2 aromatic heterocycles. The number of hydrogen-bond acceptors (Lipinski definition) is 13. The molecule has 1 fully saturated rings. The zero-order chi connectivity index (χ0) is 53.0. The Kier molecular flexibility index (Phi) is 14.3. The van der Waals surface area contributed by atoms with Crippen LogP contribution in [0.5, 0.6) is 0 Å². The van der Waals surface area contributed by atoms with E-state index in [9.17, 15) is 38.0 Å². The molecule has 386 valence electrons. The highest BCUT2D eigenvalue weighted by molar-refractivity contribution is 7.66. The number of rotatable bonds is 15. The van der Waals surface area contributed by atoms with Crippen LogP contribution < -0.4 is 21.5 Å². The van der Waals surface area contributed by atoms with Crippen molar-refractivity contribution in [2.45, 2.75) is 63.7 Å². The number of H-pyrrole nitrogens is 1. The van der Waals surface area contributed by atoms with Crippen molar-refractivity contribution in [3.05, 3.63) is 142 Å². The molecule has 9 rings (SSSR count). The lowest BCUT2D eigenvalue weighted by molar-refractivity contribution is -0.401. The van der Waals surface area contributed by atoms with Crippen LogP contribution in [0.1, 0.15) is 63.5 Å². The van der Waals surface area contributed by atoms with Crippen LogP contribution in [0, 0.1) is 11.8 Å². The molecule has 0 radical (unpaired) electrons. The summed E-state index contributed by atoms with van der Waals surface area (Å²) in [4.78, 5) is 65.0. The van der Waals surface area contributed by atoms with Crippen molar-refractivity contribution >= 4 is 85.0 Å². The van der Waals surface area contributed by atoms with Crippen molar-refractivity contribution in [3.8, 4) is 11.8 Å². The van der Waals surface area contributed by atoms with Gasteiger partial charge in [0.25, 0.3) is 5.56 Å². The predicted molar refractivity (Wildman–Crippen MR) is 281 cm³/mol. The van der Waals surface area contributed by atoms with Crippen LogP contribution in [0.4, 0.5) is 17.3 Å². The van der Waals surface area contributed by atoms with Gasteiger partial charge in [-0.1, -0.05) is 98.5 Å². The highest BCUT2D eigenvalue weighted by Crippen LogP contribution is 2.67. The van der Waals surface area contributed by atoms with Gasteiger partial charge in [-0.3, -0.25) is 23.6 Å². The molecule has 0 aliphatic carbocycles. The van der Waals surface area contributed by atoms with E-state index in [0.29, 0.717) is 7.11 Å². The molecule has 5 heterocycles. The second kappa shape index (κ2) is 20.1. The molecule has 4 aromatic carbocycles. The Morgan fingerprint density at radius 2 is 1.59 bits per heavy atom. The van der Waals surface area contributed by atoms with E-state index in [4.69, 9.17) is 15.0 Å². The summed E-state index contributed by atoms with van der Waals surface area (Å²) in [6, 6.07) is 25.2.